The highest BCUT2D eigenvalue weighted by Crippen LogP contribution is 2.44. The monoisotopic (exact) mass is 484 g/mol. The van der Waals surface area contributed by atoms with Crippen molar-refractivity contribution < 1.29 is 4.79 Å². The second kappa shape index (κ2) is 12.3. The number of thiophene rings is 3. The van der Waals surface area contributed by atoms with Crippen LogP contribution in [-0.4, -0.2) is 5.78 Å². The summed E-state index contributed by atoms with van der Waals surface area (Å²) in [5.74, 6) is 0.334. The Balaban J connectivity index is 1.17. The number of fused-ring (bicyclic) bond motifs is 6. The van der Waals surface area contributed by atoms with Gasteiger partial charge in [0.15, 0.2) is 5.78 Å². The Hall–Kier alpha value is -1.23. The predicted molar refractivity (Wildman–Crippen MR) is 147 cm³/mol. The number of hydrogen-bond donors (Lipinski definition) is 0. The standard InChI is InChI=1S/C28H36OS3/c1-2-3-4-5-6-7-8-9-10-11-12-13-14-15-24(29)25-20-23-21-16-18-30-27(21)28-22(17-19-31-28)26(23)32-25/h16-20H,2-15H2,1H3. The average Bonchev–Trinajstić information content (AvgIpc) is 3.54. The number of Topliss-reactive ketones (excluding diaryl/α,β-unsaturated/α-hetero) is 1. The first kappa shape index (κ1) is 23.9. The second-order valence-corrected chi connectivity index (χ2v) is 12.0. The number of rotatable bonds is 15. The molecule has 1 aromatic carbocycles. The maximum atomic E-state index is 12.9. The molecule has 0 unspecified atom stereocenters. The van der Waals surface area contributed by atoms with Gasteiger partial charge >= 0.3 is 0 Å². The fraction of sp³-hybridized carbons (Fsp3) is 0.536. The van der Waals surface area contributed by atoms with Crippen LogP contribution in [0.2, 0.25) is 0 Å². The van der Waals surface area contributed by atoms with Crippen LogP contribution >= 0.6 is 34.0 Å². The zero-order valence-corrected chi connectivity index (χ0v) is 21.9. The summed E-state index contributed by atoms with van der Waals surface area (Å²) in [5, 5.41) is 8.26. The smallest absolute Gasteiger partial charge is 0.172 e. The number of unbranched alkanes of at least 4 members (excludes halogenated alkanes) is 12. The molecule has 3 aromatic heterocycles. The first-order valence-corrected chi connectivity index (χ1v) is 15.2. The molecule has 4 rings (SSSR count). The van der Waals surface area contributed by atoms with Gasteiger partial charge in [0, 0.05) is 27.3 Å². The molecule has 0 aliphatic rings. The molecule has 0 saturated carbocycles. The maximum absolute atomic E-state index is 12.9. The van der Waals surface area contributed by atoms with E-state index in [1.165, 1.54) is 107 Å². The SMILES string of the molecule is CCCCCCCCCCCCCCCC(=O)c1cc2c3ccsc3c3sccc3c2s1. The lowest BCUT2D eigenvalue weighted by Crippen LogP contribution is -1.95. The molecular weight excluding hydrogens is 449 g/mol. The van der Waals surface area contributed by atoms with Crippen LogP contribution < -0.4 is 0 Å². The first-order valence-electron chi connectivity index (χ1n) is 12.6. The molecule has 0 N–H and O–H groups in total. The molecule has 0 atom stereocenters. The van der Waals surface area contributed by atoms with Crippen molar-refractivity contribution in [2.24, 2.45) is 0 Å². The summed E-state index contributed by atoms with van der Waals surface area (Å²) in [5.41, 5.74) is 0. The van der Waals surface area contributed by atoms with Gasteiger partial charge in [-0.05, 0) is 35.4 Å². The van der Waals surface area contributed by atoms with Gasteiger partial charge in [0.2, 0.25) is 0 Å². The van der Waals surface area contributed by atoms with Crippen LogP contribution in [0.15, 0.2) is 29.0 Å². The van der Waals surface area contributed by atoms with Gasteiger partial charge in [-0.15, -0.1) is 34.0 Å². The fourth-order valence-corrected chi connectivity index (χ4v) is 7.96. The van der Waals surface area contributed by atoms with E-state index in [0.29, 0.717) is 12.2 Å². The Bertz CT molecular complexity index is 1060. The summed E-state index contributed by atoms with van der Waals surface area (Å²) in [6, 6.07) is 6.60. The third-order valence-electron chi connectivity index (χ3n) is 6.59. The summed E-state index contributed by atoms with van der Waals surface area (Å²) >= 11 is 5.34. The first-order chi connectivity index (χ1) is 15.8. The Labute approximate surface area is 204 Å². The van der Waals surface area contributed by atoms with Crippen molar-refractivity contribution in [1.29, 1.82) is 0 Å². The maximum Gasteiger partial charge on any atom is 0.172 e. The lowest BCUT2D eigenvalue weighted by Gasteiger charge is -2.03. The molecule has 0 aliphatic heterocycles. The molecule has 0 amide bonds. The summed E-state index contributed by atoms with van der Waals surface area (Å²) in [4.78, 5) is 13.8. The van der Waals surface area contributed by atoms with E-state index < -0.39 is 0 Å². The van der Waals surface area contributed by atoms with Crippen LogP contribution in [0.25, 0.3) is 30.3 Å². The molecule has 4 aromatic rings. The summed E-state index contributed by atoms with van der Waals surface area (Å²) in [7, 11) is 0. The third kappa shape index (κ3) is 5.81. The number of benzene rings is 1. The van der Waals surface area contributed by atoms with E-state index in [2.05, 4.69) is 35.9 Å². The summed E-state index contributed by atoms with van der Waals surface area (Å²) in [6.45, 7) is 2.28. The molecule has 4 heteroatoms. The average molecular weight is 485 g/mol. The topological polar surface area (TPSA) is 17.1 Å². The molecule has 0 fully saturated rings. The van der Waals surface area contributed by atoms with E-state index in [-0.39, 0.29) is 0 Å². The van der Waals surface area contributed by atoms with Crippen LogP contribution in [0.4, 0.5) is 0 Å². The third-order valence-corrected chi connectivity index (χ3v) is 9.79. The Morgan fingerprint density at radius 1 is 0.656 bits per heavy atom. The van der Waals surface area contributed by atoms with E-state index in [1.807, 2.05) is 22.7 Å². The van der Waals surface area contributed by atoms with Crippen molar-refractivity contribution >= 4 is 70.1 Å². The Morgan fingerprint density at radius 3 is 1.81 bits per heavy atom. The minimum absolute atomic E-state index is 0.334. The van der Waals surface area contributed by atoms with Gasteiger partial charge in [-0.25, -0.2) is 0 Å². The fourth-order valence-electron chi connectivity index (χ4n) is 4.72. The van der Waals surface area contributed by atoms with E-state index in [0.717, 1.165) is 11.3 Å². The van der Waals surface area contributed by atoms with Crippen molar-refractivity contribution in [3.05, 3.63) is 33.8 Å². The van der Waals surface area contributed by atoms with E-state index >= 15 is 0 Å². The number of ketones is 1. The Morgan fingerprint density at radius 2 is 1.19 bits per heavy atom. The van der Waals surface area contributed by atoms with Crippen molar-refractivity contribution in [2.75, 3.05) is 0 Å². The van der Waals surface area contributed by atoms with Gasteiger partial charge in [0.25, 0.3) is 0 Å². The molecule has 0 saturated heterocycles. The molecule has 1 nitrogen and oxygen atoms in total. The number of carbonyl (C=O) groups is 1. The zero-order chi connectivity index (χ0) is 22.2. The van der Waals surface area contributed by atoms with Gasteiger partial charge in [0.1, 0.15) is 0 Å². The molecular formula is C28H36OS3. The molecule has 32 heavy (non-hydrogen) atoms. The van der Waals surface area contributed by atoms with Crippen LogP contribution in [0, 0.1) is 0 Å². The van der Waals surface area contributed by atoms with E-state index in [4.69, 9.17) is 0 Å². The van der Waals surface area contributed by atoms with Crippen LogP contribution in [0.5, 0.6) is 0 Å². The highest BCUT2D eigenvalue weighted by Gasteiger charge is 2.16. The van der Waals surface area contributed by atoms with Gasteiger partial charge in [-0.1, -0.05) is 84.0 Å². The highest BCUT2D eigenvalue weighted by molar-refractivity contribution is 7.28. The zero-order valence-electron chi connectivity index (χ0n) is 19.4. The van der Waals surface area contributed by atoms with Gasteiger partial charge in [-0.2, -0.15) is 0 Å². The minimum atomic E-state index is 0.334. The lowest BCUT2D eigenvalue weighted by molar-refractivity contribution is 0.0983. The normalized spacial score (nSPS) is 11.9. The Kier molecular flexibility index (Phi) is 9.19. The van der Waals surface area contributed by atoms with E-state index in [9.17, 15) is 4.79 Å². The molecule has 3 heterocycles. The number of hydrogen-bond acceptors (Lipinski definition) is 4. The molecule has 172 valence electrons. The molecule has 0 aliphatic carbocycles. The largest absolute Gasteiger partial charge is 0.293 e. The van der Waals surface area contributed by atoms with Crippen molar-refractivity contribution in [2.45, 2.75) is 96.8 Å². The van der Waals surface area contributed by atoms with Crippen molar-refractivity contribution in [3.8, 4) is 0 Å². The molecule has 0 spiro atoms. The van der Waals surface area contributed by atoms with Crippen LogP contribution in [-0.2, 0) is 0 Å². The highest BCUT2D eigenvalue weighted by atomic mass is 32.1. The summed E-state index contributed by atoms with van der Waals surface area (Å²) in [6.07, 6.45) is 18.1. The van der Waals surface area contributed by atoms with Crippen LogP contribution in [0.3, 0.4) is 0 Å². The lowest BCUT2D eigenvalue weighted by atomic mass is 10.0. The quantitative estimate of drug-likeness (QED) is 0.121. The summed E-state index contributed by atoms with van der Waals surface area (Å²) < 4.78 is 4.04. The minimum Gasteiger partial charge on any atom is -0.293 e. The van der Waals surface area contributed by atoms with E-state index in [1.54, 1.807) is 11.3 Å². The van der Waals surface area contributed by atoms with Gasteiger partial charge < -0.3 is 0 Å². The van der Waals surface area contributed by atoms with Gasteiger partial charge in [0.05, 0.1) is 14.3 Å². The number of carbonyl (C=O) groups excluding carboxylic acids is 1. The van der Waals surface area contributed by atoms with Crippen molar-refractivity contribution in [3.63, 3.8) is 0 Å². The second-order valence-electron chi connectivity index (χ2n) is 9.10. The van der Waals surface area contributed by atoms with Gasteiger partial charge in [-0.3, -0.25) is 4.79 Å². The predicted octanol–water partition coefficient (Wildman–Crippen LogP) is 11.0. The molecule has 0 bridgehead atoms. The molecule has 0 radical (unpaired) electrons. The van der Waals surface area contributed by atoms with Crippen LogP contribution in [0.1, 0.15) is 106 Å². The van der Waals surface area contributed by atoms with Crippen molar-refractivity contribution in [1.82, 2.24) is 0 Å².